The van der Waals surface area contributed by atoms with Gasteiger partial charge in [-0.3, -0.25) is 0 Å². The first kappa shape index (κ1) is 9.71. The van der Waals surface area contributed by atoms with Crippen molar-refractivity contribution in [3.05, 3.63) is 39.7 Å². The third kappa shape index (κ3) is 1.97. The first-order chi connectivity index (χ1) is 6.79. The van der Waals surface area contributed by atoms with E-state index in [1.807, 2.05) is 6.07 Å². The average molecular weight is 299 g/mol. The number of hydrogen-bond acceptors (Lipinski definition) is 2. The van der Waals surface area contributed by atoms with E-state index in [0.29, 0.717) is 0 Å². The van der Waals surface area contributed by atoms with Gasteiger partial charge in [0.25, 0.3) is 0 Å². The van der Waals surface area contributed by atoms with E-state index < -0.39 is 0 Å². The lowest BCUT2D eigenvalue weighted by Gasteiger charge is -1.94. The van der Waals surface area contributed by atoms with Crippen molar-refractivity contribution >= 4 is 22.6 Å². The van der Waals surface area contributed by atoms with Gasteiger partial charge >= 0.3 is 0 Å². The Kier molecular flexibility index (Phi) is 2.86. The lowest BCUT2D eigenvalue weighted by molar-refractivity contribution is 0.389. The van der Waals surface area contributed by atoms with Crippen LogP contribution in [-0.2, 0) is 6.42 Å². The summed E-state index contributed by atoms with van der Waals surface area (Å²) in [5.74, 6) is 0.929. The second-order valence-corrected chi connectivity index (χ2v) is 4.28. The molecule has 0 N–H and O–H groups in total. The molecule has 2 rings (SSSR count). The summed E-state index contributed by atoms with van der Waals surface area (Å²) in [7, 11) is 0. The van der Waals surface area contributed by atoms with Crippen LogP contribution >= 0.6 is 22.6 Å². The highest BCUT2D eigenvalue weighted by atomic mass is 127. The van der Waals surface area contributed by atoms with Crippen molar-refractivity contribution in [2.24, 2.45) is 0 Å². The standard InChI is InChI=1S/C11H10INO/c1-2-10-7-11(13-14-10)8-3-5-9(12)6-4-8/h3-7H,2H2,1H3. The van der Waals surface area contributed by atoms with Crippen LogP contribution in [0.1, 0.15) is 12.7 Å². The molecule has 2 nitrogen and oxygen atoms in total. The monoisotopic (exact) mass is 299 g/mol. The Morgan fingerprint density at radius 1 is 1.29 bits per heavy atom. The van der Waals surface area contributed by atoms with Crippen molar-refractivity contribution in [1.82, 2.24) is 5.16 Å². The minimum Gasteiger partial charge on any atom is -0.361 e. The Hall–Kier alpha value is -0.840. The lowest BCUT2D eigenvalue weighted by atomic mass is 10.1. The predicted molar refractivity (Wildman–Crippen MR) is 64.0 cm³/mol. The van der Waals surface area contributed by atoms with Gasteiger partial charge in [0.15, 0.2) is 0 Å². The van der Waals surface area contributed by atoms with E-state index >= 15 is 0 Å². The summed E-state index contributed by atoms with van der Waals surface area (Å²) in [4.78, 5) is 0. The van der Waals surface area contributed by atoms with Crippen LogP contribution in [0.4, 0.5) is 0 Å². The predicted octanol–water partition coefficient (Wildman–Crippen LogP) is 3.51. The number of aryl methyl sites for hydroxylation is 1. The molecule has 0 unspecified atom stereocenters. The third-order valence-electron chi connectivity index (χ3n) is 2.05. The minimum absolute atomic E-state index is 0.886. The van der Waals surface area contributed by atoms with Gasteiger partial charge in [0.05, 0.1) is 0 Å². The first-order valence-electron chi connectivity index (χ1n) is 4.51. The van der Waals surface area contributed by atoms with E-state index in [4.69, 9.17) is 4.52 Å². The zero-order valence-corrected chi connectivity index (χ0v) is 9.98. The molecule has 1 heterocycles. The second kappa shape index (κ2) is 4.13. The molecule has 0 atom stereocenters. The normalized spacial score (nSPS) is 10.4. The molecule has 72 valence electrons. The zero-order chi connectivity index (χ0) is 9.97. The van der Waals surface area contributed by atoms with E-state index in [-0.39, 0.29) is 0 Å². The Morgan fingerprint density at radius 3 is 2.57 bits per heavy atom. The van der Waals surface area contributed by atoms with Gasteiger partial charge in [-0.15, -0.1) is 0 Å². The molecule has 0 fully saturated rings. The first-order valence-corrected chi connectivity index (χ1v) is 5.59. The van der Waals surface area contributed by atoms with Crippen LogP contribution in [0.25, 0.3) is 11.3 Å². The van der Waals surface area contributed by atoms with Crippen LogP contribution in [0.15, 0.2) is 34.9 Å². The van der Waals surface area contributed by atoms with Crippen molar-refractivity contribution in [2.45, 2.75) is 13.3 Å². The SMILES string of the molecule is CCc1cc(-c2ccc(I)cc2)no1. The van der Waals surface area contributed by atoms with Crippen LogP contribution < -0.4 is 0 Å². The minimum atomic E-state index is 0.886. The molecule has 0 saturated heterocycles. The highest BCUT2D eigenvalue weighted by molar-refractivity contribution is 14.1. The molecule has 14 heavy (non-hydrogen) atoms. The maximum absolute atomic E-state index is 5.15. The Labute approximate surface area is 96.4 Å². The molecule has 2 aromatic rings. The molecule has 0 spiro atoms. The Balaban J connectivity index is 2.34. The van der Waals surface area contributed by atoms with Crippen molar-refractivity contribution in [2.75, 3.05) is 0 Å². The maximum Gasteiger partial charge on any atom is 0.137 e. The van der Waals surface area contributed by atoms with Gasteiger partial charge in [-0.25, -0.2) is 0 Å². The number of rotatable bonds is 2. The molecule has 0 bridgehead atoms. The summed E-state index contributed by atoms with van der Waals surface area (Å²) in [6, 6.07) is 10.2. The Morgan fingerprint density at radius 2 is 2.00 bits per heavy atom. The van der Waals surface area contributed by atoms with Gasteiger partial charge in [-0.1, -0.05) is 24.2 Å². The molecule has 0 saturated carbocycles. The van der Waals surface area contributed by atoms with E-state index in [9.17, 15) is 0 Å². The van der Waals surface area contributed by atoms with Crippen LogP contribution in [0, 0.1) is 3.57 Å². The van der Waals surface area contributed by atoms with E-state index in [0.717, 1.165) is 23.4 Å². The fraction of sp³-hybridized carbons (Fsp3) is 0.182. The molecular formula is C11H10INO. The smallest absolute Gasteiger partial charge is 0.137 e. The van der Waals surface area contributed by atoms with Crippen molar-refractivity contribution < 1.29 is 4.52 Å². The lowest BCUT2D eigenvalue weighted by Crippen LogP contribution is -1.76. The van der Waals surface area contributed by atoms with Gasteiger partial charge in [0.2, 0.25) is 0 Å². The molecule has 0 aliphatic heterocycles. The van der Waals surface area contributed by atoms with Crippen LogP contribution in [0.5, 0.6) is 0 Å². The van der Waals surface area contributed by atoms with Crippen molar-refractivity contribution in [1.29, 1.82) is 0 Å². The van der Waals surface area contributed by atoms with E-state index in [1.165, 1.54) is 3.57 Å². The van der Waals surface area contributed by atoms with Gasteiger partial charge in [-0.2, -0.15) is 0 Å². The average Bonchev–Trinajstić information content (AvgIpc) is 2.67. The fourth-order valence-corrected chi connectivity index (χ4v) is 1.60. The van der Waals surface area contributed by atoms with Crippen molar-refractivity contribution in [3.8, 4) is 11.3 Å². The summed E-state index contributed by atoms with van der Waals surface area (Å²) in [6.07, 6.45) is 0.886. The Bertz CT molecular complexity index is 419. The highest BCUT2D eigenvalue weighted by Gasteiger charge is 2.04. The van der Waals surface area contributed by atoms with Crippen LogP contribution in [0.2, 0.25) is 0 Å². The van der Waals surface area contributed by atoms with E-state index in [2.05, 4.69) is 58.9 Å². The molecule has 0 aliphatic rings. The van der Waals surface area contributed by atoms with Crippen LogP contribution in [-0.4, -0.2) is 5.16 Å². The van der Waals surface area contributed by atoms with Gasteiger partial charge in [0, 0.05) is 21.6 Å². The van der Waals surface area contributed by atoms with Crippen LogP contribution in [0.3, 0.4) is 0 Å². The quantitative estimate of drug-likeness (QED) is 0.793. The molecule has 0 amide bonds. The molecule has 0 aliphatic carbocycles. The number of halogens is 1. The highest BCUT2D eigenvalue weighted by Crippen LogP contribution is 2.20. The maximum atomic E-state index is 5.15. The fourth-order valence-electron chi connectivity index (χ4n) is 1.24. The summed E-state index contributed by atoms with van der Waals surface area (Å²) in [5.41, 5.74) is 2.02. The molecular weight excluding hydrogens is 289 g/mol. The summed E-state index contributed by atoms with van der Waals surface area (Å²) >= 11 is 2.28. The van der Waals surface area contributed by atoms with E-state index in [1.54, 1.807) is 0 Å². The topological polar surface area (TPSA) is 26.0 Å². The number of aromatic nitrogens is 1. The second-order valence-electron chi connectivity index (χ2n) is 3.04. The third-order valence-corrected chi connectivity index (χ3v) is 2.77. The number of nitrogens with zero attached hydrogens (tertiary/aromatic N) is 1. The summed E-state index contributed by atoms with van der Waals surface area (Å²) < 4.78 is 6.37. The summed E-state index contributed by atoms with van der Waals surface area (Å²) in [5, 5.41) is 4.01. The number of hydrogen-bond donors (Lipinski definition) is 0. The van der Waals surface area contributed by atoms with Gasteiger partial charge < -0.3 is 4.52 Å². The van der Waals surface area contributed by atoms with Gasteiger partial charge in [0.1, 0.15) is 11.5 Å². The largest absolute Gasteiger partial charge is 0.361 e. The molecule has 1 aromatic carbocycles. The zero-order valence-electron chi connectivity index (χ0n) is 7.83. The summed E-state index contributed by atoms with van der Waals surface area (Å²) in [6.45, 7) is 2.05. The van der Waals surface area contributed by atoms with Crippen molar-refractivity contribution in [3.63, 3.8) is 0 Å². The number of benzene rings is 1. The molecule has 3 heteroatoms. The molecule has 1 aromatic heterocycles. The van der Waals surface area contributed by atoms with Gasteiger partial charge in [-0.05, 0) is 34.7 Å². The molecule has 0 radical (unpaired) electrons.